The smallest absolute Gasteiger partial charge is 0.326 e. The van der Waals surface area contributed by atoms with E-state index in [1.54, 1.807) is 34.9 Å². The molecule has 2 atom stereocenters. The number of urea groups is 1. The Morgan fingerprint density at radius 3 is 2.22 bits per heavy atom. The lowest BCUT2D eigenvalue weighted by atomic mass is 9.87. The summed E-state index contributed by atoms with van der Waals surface area (Å²) in [6.07, 6.45) is -0.0985. The average molecular weight is 260 g/mol. The Hall–Kier alpha value is -1.30. The summed E-state index contributed by atoms with van der Waals surface area (Å²) in [7, 11) is 3.16. The van der Waals surface area contributed by atoms with Gasteiger partial charge < -0.3 is 20.1 Å². The number of hydrogen-bond donors (Lipinski definition) is 2. The van der Waals surface area contributed by atoms with Crippen LogP contribution in [0.4, 0.5) is 4.79 Å². The van der Waals surface area contributed by atoms with Crippen LogP contribution in [0.15, 0.2) is 0 Å². The van der Waals surface area contributed by atoms with E-state index in [9.17, 15) is 9.59 Å². The lowest BCUT2D eigenvalue weighted by Crippen LogP contribution is -2.53. The van der Waals surface area contributed by atoms with Crippen LogP contribution in [0.3, 0.4) is 0 Å². The highest BCUT2D eigenvalue weighted by molar-refractivity contribution is 5.83. The van der Waals surface area contributed by atoms with Crippen LogP contribution in [0, 0.1) is 5.41 Å². The highest BCUT2D eigenvalue weighted by atomic mass is 16.5. The Labute approximate surface area is 108 Å². The first-order valence-electron chi connectivity index (χ1n) is 5.86. The van der Waals surface area contributed by atoms with Crippen molar-refractivity contribution < 1.29 is 19.4 Å². The highest BCUT2D eigenvalue weighted by Crippen LogP contribution is 2.19. The molecule has 6 heteroatoms. The number of carbonyl (C=O) groups is 2. The molecule has 2 N–H and O–H groups in total. The Kier molecular flexibility index (Phi) is 6.11. The second kappa shape index (κ2) is 6.58. The van der Waals surface area contributed by atoms with Crippen molar-refractivity contribution >= 4 is 12.0 Å². The second-order valence-electron chi connectivity index (χ2n) is 5.51. The van der Waals surface area contributed by atoms with Crippen molar-refractivity contribution in [2.45, 2.75) is 39.8 Å². The second-order valence-corrected chi connectivity index (χ2v) is 5.51. The van der Waals surface area contributed by atoms with E-state index in [0.29, 0.717) is 6.54 Å². The number of methoxy groups -OCH3 is 1. The maximum absolute atomic E-state index is 11.9. The van der Waals surface area contributed by atoms with Gasteiger partial charge in [-0.2, -0.15) is 0 Å². The molecule has 2 unspecified atom stereocenters. The summed E-state index contributed by atoms with van der Waals surface area (Å²) in [4.78, 5) is 24.4. The fourth-order valence-electron chi connectivity index (χ4n) is 1.43. The number of likely N-dealkylation sites (N-methyl/N-ethyl adjacent to an activating group) is 1. The molecule has 0 bridgehead atoms. The lowest BCUT2D eigenvalue weighted by molar-refractivity contribution is -0.142. The number of carboxylic acids is 1. The molecular formula is C12H24N2O4. The minimum absolute atomic E-state index is 0.0985. The molecule has 2 amide bonds. The predicted octanol–water partition coefficient (Wildman–Crippen LogP) is 1.16. The van der Waals surface area contributed by atoms with Crippen LogP contribution < -0.4 is 5.32 Å². The molecule has 0 aromatic heterocycles. The minimum atomic E-state index is -1.04. The first-order valence-corrected chi connectivity index (χ1v) is 5.86. The van der Waals surface area contributed by atoms with Crippen LogP contribution in [0.5, 0.6) is 0 Å². The average Bonchev–Trinajstić information content (AvgIpc) is 2.22. The zero-order chi connectivity index (χ0) is 14.5. The van der Waals surface area contributed by atoms with Gasteiger partial charge in [0, 0.05) is 20.7 Å². The molecule has 106 valence electrons. The summed E-state index contributed by atoms with van der Waals surface area (Å²) in [6, 6.07) is -1.34. The van der Waals surface area contributed by atoms with Crippen molar-refractivity contribution in [3.63, 3.8) is 0 Å². The summed E-state index contributed by atoms with van der Waals surface area (Å²) in [5.41, 5.74) is -0.546. The van der Waals surface area contributed by atoms with Crippen LogP contribution >= 0.6 is 0 Å². The van der Waals surface area contributed by atoms with Crippen molar-refractivity contribution in [2.24, 2.45) is 5.41 Å². The lowest BCUT2D eigenvalue weighted by Gasteiger charge is -2.30. The Bertz CT molecular complexity index is 299. The molecule has 0 fully saturated rings. The van der Waals surface area contributed by atoms with E-state index in [2.05, 4.69) is 5.32 Å². The first kappa shape index (κ1) is 16.7. The van der Waals surface area contributed by atoms with E-state index in [0.717, 1.165) is 0 Å². The van der Waals surface area contributed by atoms with Crippen LogP contribution in [-0.4, -0.2) is 54.9 Å². The number of hydrogen-bond acceptors (Lipinski definition) is 3. The number of nitrogens with zero attached hydrogens (tertiary/aromatic N) is 1. The van der Waals surface area contributed by atoms with Gasteiger partial charge in [-0.1, -0.05) is 20.8 Å². The van der Waals surface area contributed by atoms with Gasteiger partial charge in [-0.15, -0.1) is 0 Å². The van der Waals surface area contributed by atoms with Crippen LogP contribution in [0.2, 0.25) is 0 Å². The van der Waals surface area contributed by atoms with Gasteiger partial charge in [-0.25, -0.2) is 9.59 Å². The van der Waals surface area contributed by atoms with E-state index in [1.807, 2.05) is 6.92 Å². The van der Waals surface area contributed by atoms with Crippen LogP contribution in [0.25, 0.3) is 0 Å². The van der Waals surface area contributed by atoms with Gasteiger partial charge in [0.05, 0.1) is 6.10 Å². The van der Waals surface area contributed by atoms with Crippen molar-refractivity contribution in [1.82, 2.24) is 10.2 Å². The van der Waals surface area contributed by atoms with E-state index in [-0.39, 0.29) is 6.10 Å². The number of aliphatic carboxylic acids is 1. The predicted molar refractivity (Wildman–Crippen MR) is 68.5 cm³/mol. The van der Waals surface area contributed by atoms with Gasteiger partial charge in [0.15, 0.2) is 0 Å². The van der Waals surface area contributed by atoms with Crippen molar-refractivity contribution in [3.05, 3.63) is 0 Å². The molecule has 6 nitrogen and oxygen atoms in total. The Morgan fingerprint density at radius 1 is 1.39 bits per heavy atom. The Balaban J connectivity index is 4.57. The summed E-state index contributed by atoms with van der Waals surface area (Å²) in [5.74, 6) is -1.04. The highest BCUT2D eigenvalue weighted by Gasteiger charge is 2.33. The third-order valence-corrected chi connectivity index (χ3v) is 2.66. The number of nitrogens with one attached hydrogen (secondary N) is 1. The molecular weight excluding hydrogens is 236 g/mol. The number of ether oxygens (including phenoxy) is 1. The van der Waals surface area contributed by atoms with E-state index in [1.165, 1.54) is 4.90 Å². The van der Waals surface area contributed by atoms with Gasteiger partial charge >= 0.3 is 12.0 Å². The summed E-state index contributed by atoms with van der Waals surface area (Å²) < 4.78 is 5.05. The topological polar surface area (TPSA) is 78.9 Å². The zero-order valence-electron chi connectivity index (χ0n) is 12.0. The molecule has 0 saturated carbocycles. The van der Waals surface area contributed by atoms with Crippen molar-refractivity contribution in [3.8, 4) is 0 Å². The molecule has 0 aromatic carbocycles. The Morgan fingerprint density at radius 2 is 1.89 bits per heavy atom. The molecule has 0 radical (unpaired) electrons. The van der Waals surface area contributed by atoms with Gasteiger partial charge in [-0.05, 0) is 12.3 Å². The fraction of sp³-hybridized carbons (Fsp3) is 0.833. The molecule has 0 aliphatic heterocycles. The van der Waals surface area contributed by atoms with Crippen molar-refractivity contribution in [2.75, 3.05) is 20.7 Å². The number of carbonyl (C=O) groups excluding carboxylic acids is 1. The summed E-state index contributed by atoms with van der Waals surface area (Å²) >= 11 is 0. The van der Waals surface area contributed by atoms with Gasteiger partial charge in [-0.3, -0.25) is 0 Å². The molecule has 0 aromatic rings. The van der Waals surface area contributed by atoms with Gasteiger partial charge in [0.1, 0.15) is 6.04 Å². The van der Waals surface area contributed by atoms with Crippen LogP contribution in [0.1, 0.15) is 27.7 Å². The normalized spacial score (nSPS) is 14.8. The number of carboxylic acid groups (broad SMARTS) is 1. The molecule has 0 heterocycles. The summed E-state index contributed by atoms with van der Waals surface area (Å²) in [5, 5.41) is 11.6. The standard InChI is InChI=1S/C12H24N2O4/c1-8(18-6)7-14(5)11(17)13-9(10(15)16)12(2,3)4/h8-9H,7H2,1-6H3,(H,13,17)(H,15,16). The quantitative estimate of drug-likeness (QED) is 0.777. The van der Waals surface area contributed by atoms with Gasteiger partial charge in [0.25, 0.3) is 0 Å². The van der Waals surface area contributed by atoms with E-state index in [4.69, 9.17) is 9.84 Å². The maximum atomic E-state index is 11.9. The largest absolute Gasteiger partial charge is 0.480 e. The number of amides is 2. The van der Waals surface area contributed by atoms with Crippen LogP contribution in [-0.2, 0) is 9.53 Å². The fourth-order valence-corrected chi connectivity index (χ4v) is 1.43. The molecule has 0 spiro atoms. The third-order valence-electron chi connectivity index (χ3n) is 2.66. The molecule has 0 rings (SSSR count). The minimum Gasteiger partial charge on any atom is -0.480 e. The van der Waals surface area contributed by atoms with Crippen molar-refractivity contribution in [1.29, 1.82) is 0 Å². The molecule has 0 aliphatic carbocycles. The third kappa shape index (κ3) is 5.35. The SMILES string of the molecule is COC(C)CN(C)C(=O)NC(C(=O)O)C(C)(C)C. The maximum Gasteiger partial charge on any atom is 0.326 e. The molecule has 0 saturated heterocycles. The van der Waals surface area contributed by atoms with Gasteiger partial charge in [0.2, 0.25) is 0 Å². The monoisotopic (exact) mass is 260 g/mol. The molecule has 18 heavy (non-hydrogen) atoms. The molecule has 0 aliphatic rings. The summed E-state index contributed by atoms with van der Waals surface area (Å²) in [6.45, 7) is 7.54. The number of rotatable bonds is 5. The zero-order valence-corrected chi connectivity index (χ0v) is 12.0. The van der Waals surface area contributed by atoms with E-state index < -0.39 is 23.5 Å². The first-order chi connectivity index (χ1) is 8.09. The van der Waals surface area contributed by atoms with E-state index >= 15 is 0 Å².